The van der Waals surface area contributed by atoms with Gasteiger partial charge in [-0.1, -0.05) is 86.2 Å². The normalized spacial score (nSPS) is 11.2. The van der Waals surface area contributed by atoms with Crippen LogP contribution in [0.3, 0.4) is 0 Å². The Kier molecular flexibility index (Phi) is 6.77. The molecule has 0 atom stereocenters. The van der Waals surface area contributed by atoms with Gasteiger partial charge in [-0.3, -0.25) is 0 Å². The van der Waals surface area contributed by atoms with Crippen LogP contribution >= 0.6 is 11.8 Å². The van der Waals surface area contributed by atoms with Crippen molar-refractivity contribution in [3.05, 3.63) is 77.7 Å². The average molecular weight is 431 g/mol. The number of thioether (sulfide) groups is 1. The van der Waals surface area contributed by atoms with Crippen molar-refractivity contribution in [2.75, 3.05) is 0 Å². The lowest BCUT2D eigenvalue weighted by Gasteiger charge is -2.06. The van der Waals surface area contributed by atoms with Crippen LogP contribution in [0.2, 0.25) is 0 Å². The third-order valence-corrected chi connectivity index (χ3v) is 5.87. The number of aromatic nitrogens is 4. The SMILES string of the molecule is CCc1ccc(-c2noc(CSc3ccc(-c4ccc(CC(C)C)cc4)nn3)n2)cc1. The van der Waals surface area contributed by atoms with E-state index >= 15 is 0 Å². The van der Waals surface area contributed by atoms with Crippen LogP contribution in [0.5, 0.6) is 0 Å². The van der Waals surface area contributed by atoms with E-state index in [2.05, 4.69) is 77.5 Å². The van der Waals surface area contributed by atoms with Gasteiger partial charge in [0.05, 0.1) is 11.4 Å². The first kappa shape index (κ1) is 21.2. The molecule has 0 saturated carbocycles. The Bertz CT molecular complexity index is 1100. The largest absolute Gasteiger partial charge is 0.338 e. The minimum Gasteiger partial charge on any atom is -0.338 e. The second-order valence-corrected chi connectivity index (χ2v) is 8.90. The molecule has 0 N–H and O–H groups in total. The quantitative estimate of drug-likeness (QED) is 0.308. The molecule has 0 saturated heterocycles. The summed E-state index contributed by atoms with van der Waals surface area (Å²) in [5, 5.41) is 13.7. The van der Waals surface area contributed by atoms with Gasteiger partial charge < -0.3 is 4.52 Å². The molecule has 0 aliphatic carbocycles. The van der Waals surface area contributed by atoms with E-state index in [1.807, 2.05) is 24.3 Å². The molecular formula is C25H26N4OS. The van der Waals surface area contributed by atoms with E-state index in [9.17, 15) is 0 Å². The van der Waals surface area contributed by atoms with Crippen LogP contribution in [0, 0.1) is 5.92 Å². The van der Waals surface area contributed by atoms with E-state index in [0.717, 1.165) is 34.7 Å². The molecule has 2 heterocycles. The Morgan fingerprint density at radius 2 is 1.55 bits per heavy atom. The van der Waals surface area contributed by atoms with Gasteiger partial charge in [-0.2, -0.15) is 4.98 Å². The highest BCUT2D eigenvalue weighted by Crippen LogP contribution is 2.24. The van der Waals surface area contributed by atoms with E-state index < -0.39 is 0 Å². The molecule has 4 rings (SSSR count). The minimum absolute atomic E-state index is 0.554. The molecule has 0 amide bonds. The fourth-order valence-corrected chi connectivity index (χ4v) is 3.94. The van der Waals surface area contributed by atoms with Crippen LogP contribution < -0.4 is 0 Å². The van der Waals surface area contributed by atoms with E-state index in [0.29, 0.717) is 23.4 Å². The molecule has 0 spiro atoms. The van der Waals surface area contributed by atoms with Crippen LogP contribution in [0.25, 0.3) is 22.6 Å². The molecule has 158 valence electrons. The molecule has 0 aliphatic rings. The highest BCUT2D eigenvalue weighted by atomic mass is 32.2. The number of benzene rings is 2. The maximum atomic E-state index is 5.40. The summed E-state index contributed by atoms with van der Waals surface area (Å²) in [6.07, 6.45) is 2.10. The molecule has 0 fully saturated rings. The summed E-state index contributed by atoms with van der Waals surface area (Å²) in [7, 11) is 0. The predicted octanol–water partition coefficient (Wildman–Crippen LogP) is 6.25. The summed E-state index contributed by atoms with van der Waals surface area (Å²) in [6, 6.07) is 20.8. The van der Waals surface area contributed by atoms with Gasteiger partial charge in [0.15, 0.2) is 0 Å². The van der Waals surface area contributed by atoms with Gasteiger partial charge in [-0.15, -0.1) is 10.2 Å². The Morgan fingerprint density at radius 1 is 0.839 bits per heavy atom. The van der Waals surface area contributed by atoms with Crippen LogP contribution in [0.15, 0.2) is 70.2 Å². The Labute approximate surface area is 187 Å². The monoisotopic (exact) mass is 430 g/mol. The lowest BCUT2D eigenvalue weighted by atomic mass is 10.0. The molecule has 4 aromatic rings. The zero-order chi connectivity index (χ0) is 21.6. The van der Waals surface area contributed by atoms with Crippen LogP contribution in [0.1, 0.15) is 37.8 Å². The zero-order valence-electron chi connectivity index (χ0n) is 18.1. The van der Waals surface area contributed by atoms with Crippen molar-refractivity contribution >= 4 is 11.8 Å². The van der Waals surface area contributed by atoms with Crippen molar-refractivity contribution in [2.24, 2.45) is 5.92 Å². The maximum Gasteiger partial charge on any atom is 0.237 e. The molecule has 2 aromatic carbocycles. The fraction of sp³-hybridized carbons (Fsp3) is 0.280. The lowest BCUT2D eigenvalue weighted by Crippen LogP contribution is -1.94. The molecule has 0 aliphatic heterocycles. The lowest BCUT2D eigenvalue weighted by molar-refractivity contribution is 0.391. The highest BCUT2D eigenvalue weighted by molar-refractivity contribution is 7.98. The van der Waals surface area contributed by atoms with Crippen molar-refractivity contribution in [2.45, 2.75) is 44.4 Å². The third-order valence-electron chi connectivity index (χ3n) is 4.97. The molecule has 0 radical (unpaired) electrons. The fourth-order valence-electron chi connectivity index (χ4n) is 3.29. The topological polar surface area (TPSA) is 64.7 Å². The number of rotatable bonds is 8. The standard InChI is InChI=1S/C25H26N4OS/c1-4-18-5-11-21(12-6-18)25-26-23(30-29-25)16-31-24-14-13-22(27-28-24)20-9-7-19(8-10-20)15-17(2)3/h5-14,17H,4,15-16H2,1-3H3. The second kappa shape index (κ2) is 9.88. The summed E-state index contributed by atoms with van der Waals surface area (Å²) < 4.78 is 5.40. The van der Waals surface area contributed by atoms with Crippen LogP contribution in [-0.4, -0.2) is 20.3 Å². The number of hydrogen-bond donors (Lipinski definition) is 0. The van der Waals surface area contributed by atoms with Crippen molar-refractivity contribution in [3.8, 4) is 22.6 Å². The second-order valence-electron chi connectivity index (χ2n) is 7.90. The molecule has 5 nitrogen and oxygen atoms in total. The summed E-state index contributed by atoms with van der Waals surface area (Å²) in [5.74, 6) is 2.39. The minimum atomic E-state index is 0.554. The van der Waals surface area contributed by atoms with E-state index in [4.69, 9.17) is 4.52 Å². The number of hydrogen-bond acceptors (Lipinski definition) is 6. The summed E-state index contributed by atoms with van der Waals surface area (Å²) in [4.78, 5) is 4.50. The van der Waals surface area contributed by atoms with Gasteiger partial charge in [0, 0.05) is 11.1 Å². The number of aryl methyl sites for hydroxylation is 1. The summed E-state index contributed by atoms with van der Waals surface area (Å²) >= 11 is 1.53. The Balaban J connectivity index is 1.36. The third kappa shape index (κ3) is 5.58. The number of nitrogens with zero attached hydrogens (tertiary/aromatic N) is 4. The van der Waals surface area contributed by atoms with Crippen LogP contribution in [-0.2, 0) is 18.6 Å². The van der Waals surface area contributed by atoms with Gasteiger partial charge in [-0.25, -0.2) is 0 Å². The van der Waals surface area contributed by atoms with Crippen molar-refractivity contribution in [1.82, 2.24) is 20.3 Å². The van der Waals surface area contributed by atoms with Gasteiger partial charge in [0.2, 0.25) is 11.7 Å². The summed E-state index contributed by atoms with van der Waals surface area (Å²) in [6.45, 7) is 6.60. The zero-order valence-corrected chi connectivity index (χ0v) is 18.9. The molecule has 31 heavy (non-hydrogen) atoms. The van der Waals surface area contributed by atoms with Crippen LogP contribution in [0.4, 0.5) is 0 Å². The molecule has 0 bridgehead atoms. The Morgan fingerprint density at radius 3 is 2.19 bits per heavy atom. The van der Waals surface area contributed by atoms with Crippen molar-refractivity contribution in [3.63, 3.8) is 0 Å². The van der Waals surface area contributed by atoms with E-state index in [1.165, 1.54) is 22.9 Å². The van der Waals surface area contributed by atoms with Gasteiger partial charge in [-0.05, 0) is 42.0 Å². The Hall–Kier alpha value is -2.99. The predicted molar refractivity (Wildman–Crippen MR) is 125 cm³/mol. The first-order valence-corrected chi connectivity index (χ1v) is 11.6. The van der Waals surface area contributed by atoms with Crippen molar-refractivity contribution < 1.29 is 4.52 Å². The van der Waals surface area contributed by atoms with E-state index in [1.54, 1.807) is 0 Å². The maximum absolute atomic E-state index is 5.40. The average Bonchev–Trinajstić information content (AvgIpc) is 3.27. The highest BCUT2D eigenvalue weighted by Gasteiger charge is 2.10. The molecule has 6 heteroatoms. The smallest absolute Gasteiger partial charge is 0.237 e. The molecule has 0 unspecified atom stereocenters. The summed E-state index contributed by atoms with van der Waals surface area (Å²) in [5.41, 5.74) is 5.54. The first-order chi connectivity index (χ1) is 15.1. The van der Waals surface area contributed by atoms with Gasteiger partial charge >= 0.3 is 0 Å². The first-order valence-electron chi connectivity index (χ1n) is 10.6. The molecular weight excluding hydrogens is 404 g/mol. The van der Waals surface area contributed by atoms with E-state index in [-0.39, 0.29) is 0 Å². The van der Waals surface area contributed by atoms with Gasteiger partial charge in [0.1, 0.15) is 5.03 Å². The van der Waals surface area contributed by atoms with Crippen molar-refractivity contribution in [1.29, 1.82) is 0 Å². The molecule has 2 aromatic heterocycles. The van der Waals surface area contributed by atoms with Gasteiger partial charge in [0.25, 0.3) is 0 Å².